The molecule has 0 aliphatic heterocycles. The highest BCUT2D eigenvalue weighted by molar-refractivity contribution is 9.10. The van der Waals surface area contributed by atoms with Crippen molar-refractivity contribution in [2.75, 3.05) is 5.73 Å². The van der Waals surface area contributed by atoms with Gasteiger partial charge in [-0.1, -0.05) is 28.1 Å². The SMILES string of the molecule is C[C@@H](NC(=O)Cn1cc(N)cn1)c1ccc(Br)cc1. The minimum absolute atomic E-state index is 0.0477. The first kappa shape index (κ1) is 13.6. The molecule has 0 spiro atoms. The molecule has 0 saturated heterocycles. The summed E-state index contributed by atoms with van der Waals surface area (Å²) in [7, 11) is 0. The summed E-state index contributed by atoms with van der Waals surface area (Å²) >= 11 is 3.38. The van der Waals surface area contributed by atoms with E-state index in [-0.39, 0.29) is 18.5 Å². The Labute approximate surface area is 119 Å². The Bertz CT molecular complexity index is 564. The fourth-order valence-electron chi connectivity index (χ4n) is 1.74. The lowest BCUT2D eigenvalue weighted by atomic mass is 10.1. The first-order valence-corrected chi connectivity index (χ1v) is 6.66. The maximum absolute atomic E-state index is 11.9. The summed E-state index contributed by atoms with van der Waals surface area (Å²) in [5.74, 6) is -0.0986. The van der Waals surface area contributed by atoms with Gasteiger partial charge < -0.3 is 11.1 Å². The second-order valence-corrected chi connectivity index (χ2v) is 5.23. The van der Waals surface area contributed by atoms with E-state index in [0.29, 0.717) is 5.69 Å². The number of rotatable bonds is 4. The summed E-state index contributed by atoms with van der Waals surface area (Å²) in [6, 6.07) is 7.80. The van der Waals surface area contributed by atoms with Crippen molar-refractivity contribution in [1.82, 2.24) is 15.1 Å². The number of nitrogens with zero attached hydrogens (tertiary/aromatic N) is 2. The fraction of sp³-hybridized carbons (Fsp3) is 0.231. The highest BCUT2D eigenvalue weighted by Crippen LogP contribution is 2.16. The molecule has 5 nitrogen and oxygen atoms in total. The van der Waals surface area contributed by atoms with E-state index in [1.807, 2.05) is 31.2 Å². The molecule has 0 radical (unpaired) electrons. The molecular formula is C13H15BrN4O. The Balaban J connectivity index is 1.93. The Hall–Kier alpha value is -1.82. The normalized spacial score (nSPS) is 12.1. The lowest BCUT2D eigenvalue weighted by Gasteiger charge is -2.14. The first-order valence-electron chi connectivity index (χ1n) is 5.87. The molecule has 2 aromatic rings. The number of amides is 1. The Kier molecular flexibility index (Phi) is 4.21. The van der Waals surface area contributed by atoms with E-state index in [2.05, 4.69) is 26.3 Å². The van der Waals surface area contributed by atoms with E-state index in [4.69, 9.17) is 5.73 Å². The van der Waals surface area contributed by atoms with Crippen LogP contribution in [0.1, 0.15) is 18.5 Å². The van der Waals surface area contributed by atoms with Gasteiger partial charge in [-0.15, -0.1) is 0 Å². The largest absolute Gasteiger partial charge is 0.396 e. The van der Waals surface area contributed by atoms with Gasteiger partial charge in [0, 0.05) is 10.7 Å². The van der Waals surface area contributed by atoms with E-state index >= 15 is 0 Å². The van der Waals surface area contributed by atoms with Gasteiger partial charge in [-0.25, -0.2) is 0 Å². The van der Waals surface area contributed by atoms with Crippen molar-refractivity contribution in [1.29, 1.82) is 0 Å². The number of nitrogens with one attached hydrogen (secondary N) is 1. The van der Waals surface area contributed by atoms with Crippen molar-refractivity contribution in [3.8, 4) is 0 Å². The standard InChI is InChI=1S/C13H15BrN4O/c1-9(10-2-4-11(14)5-3-10)17-13(19)8-18-7-12(15)6-16-18/h2-7,9H,8,15H2,1H3,(H,17,19)/t9-/m1/s1. The van der Waals surface area contributed by atoms with E-state index in [1.165, 1.54) is 10.9 Å². The second kappa shape index (κ2) is 5.88. The highest BCUT2D eigenvalue weighted by Gasteiger charge is 2.10. The summed E-state index contributed by atoms with van der Waals surface area (Å²) in [4.78, 5) is 11.9. The molecule has 19 heavy (non-hydrogen) atoms. The van der Waals surface area contributed by atoms with Crippen LogP contribution in [0.25, 0.3) is 0 Å². The van der Waals surface area contributed by atoms with Crippen molar-refractivity contribution in [2.24, 2.45) is 0 Å². The van der Waals surface area contributed by atoms with Crippen LogP contribution in [0.2, 0.25) is 0 Å². The van der Waals surface area contributed by atoms with Gasteiger partial charge in [0.2, 0.25) is 5.91 Å². The lowest BCUT2D eigenvalue weighted by molar-refractivity contribution is -0.122. The average Bonchev–Trinajstić information content (AvgIpc) is 2.75. The summed E-state index contributed by atoms with van der Waals surface area (Å²) in [6.45, 7) is 2.11. The zero-order chi connectivity index (χ0) is 13.8. The molecule has 1 aromatic carbocycles. The third-order valence-electron chi connectivity index (χ3n) is 2.71. The van der Waals surface area contributed by atoms with Crippen LogP contribution >= 0.6 is 15.9 Å². The second-order valence-electron chi connectivity index (χ2n) is 4.31. The number of hydrogen-bond acceptors (Lipinski definition) is 3. The molecule has 1 aromatic heterocycles. The Morgan fingerprint density at radius 3 is 2.74 bits per heavy atom. The van der Waals surface area contributed by atoms with Crippen LogP contribution in [-0.2, 0) is 11.3 Å². The molecule has 1 heterocycles. The third-order valence-corrected chi connectivity index (χ3v) is 3.23. The number of benzene rings is 1. The third kappa shape index (κ3) is 3.82. The van der Waals surface area contributed by atoms with Crippen LogP contribution in [0.4, 0.5) is 5.69 Å². The molecule has 1 amide bonds. The zero-order valence-corrected chi connectivity index (χ0v) is 12.1. The molecule has 0 bridgehead atoms. The summed E-state index contributed by atoms with van der Waals surface area (Å²) in [6.07, 6.45) is 3.15. The van der Waals surface area contributed by atoms with Gasteiger partial charge in [0.05, 0.1) is 17.9 Å². The summed E-state index contributed by atoms with van der Waals surface area (Å²) in [5.41, 5.74) is 7.14. The van der Waals surface area contributed by atoms with Gasteiger partial charge in [0.25, 0.3) is 0 Å². The van der Waals surface area contributed by atoms with Crippen molar-refractivity contribution in [2.45, 2.75) is 19.5 Å². The zero-order valence-electron chi connectivity index (χ0n) is 10.5. The average molecular weight is 323 g/mol. The number of halogens is 1. The van der Waals surface area contributed by atoms with E-state index in [1.54, 1.807) is 6.20 Å². The van der Waals surface area contributed by atoms with Crippen LogP contribution in [0.5, 0.6) is 0 Å². The van der Waals surface area contributed by atoms with Crippen molar-refractivity contribution in [3.63, 3.8) is 0 Å². The molecule has 2 rings (SSSR count). The number of aromatic nitrogens is 2. The molecular weight excluding hydrogens is 308 g/mol. The predicted octanol–water partition coefficient (Wildman–Crippen LogP) is 2.11. The summed E-state index contributed by atoms with van der Waals surface area (Å²) < 4.78 is 2.53. The molecule has 0 aliphatic carbocycles. The van der Waals surface area contributed by atoms with Crippen molar-refractivity contribution >= 4 is 27.5 Å². The number of carbonyl (C=O) groups excluding carboxylic acids is 1. The van der Waals surface area contributed by atoms with Crippen molar-refractivity contribution in [3.05, 3.63) is 46.7 Å². The molecule has 6 heteroatoms. The van der Waals surface area contributed by atoms with Crippen LogP contribution in [0, 0.1) is 0 Å². The topological polar surface area (TPSA) is 72.9 Å². The van der Waals surface area contributed by atoms with Crippen LogP contribution in [0.3, 0.4) is 0 Å². The minimum Gasteiger partial charge on any atom is -0.396 e. The maximum atomic E-state index is 11.9. The van der Waals surface area contributed by atoms with Gasteiger partial charge in [0.15, 0.2) is 0 Å². The Morgan fingerprint density at radius 2 is 2.16 bits per heavy atom. The maximum Gasteiger partial charge on any atom is 0.242 e. The van der Waals surface area contributed by atoms with Gasteiger partial charge in [-0.3, -0.25) is 9.48 Å². The molecule has 0 fully saturated rings. The summed E-state index contributed by atoms with van der Waals surface area (Å²) in [5, 5.41) is 6.89. The first-order chi connectivity index (χ1) is 9.04. The van der Waals surface area contributed by atoms with E-state index in [0.717, 1.165) is 10.0 Å². The number of hydrogen-bond donors (Lipinski definition) is 2. The number of anilines is 1. The molecule has 0 aliphatic rings. The monoisotopic (exact) mass is 322 g/mol. The minimum atomic E-state index is -0.0986. The van der Waals surface area contributed by atoms with Crippen LogP contribution < -0.4 is 11.1 Å². The lowest BCUT2D eigenvalue weighted by Crippen LogP contribution is -2.30. The van der Waals surface area contributed by atoms with E-state index in [9.17, 15) is 4.79 Å². The van der Waals surface area contributed by atoms with Crippen LogP contribution in [-0.4, -0.2) is 15.7 Å². The highest BCUT2D eigenvalue weighted by atomic mass is 79.9. The quantitative estimate of drug-likeness (QED) is 0.905. The van der Waals surface area contributed by atoms with Gasteiger partial charge >= 0.3 is 0 Å². The van der Waals surface area contributed by atoms with Gasteiger partial charge in [-0.2, -0.15) is 5.10 Å². The molecule has 3 N–H and O–H groups in total. The molecule has 0 saturated carbocycles. The van der Waals surface area contributed by atoms with Gasteiger partial charge in [-0.05, 0) is 24.6 Å². The Morgan fingerprint density at radius 1 is 1.47 bits per heavy atom. The van der Waals surface area contributed by atoms with E-state index < -0.39 is 0 Å². The molecule has 1 atom stereocenters. The number of nitrogen functional groups attached to an aromatic ring is 1. The fourth-order valence-corrected chi connectivity index (χ4v) is 2.00. The predicted molar refractivity (Wildman–Crippen MR) is 77.3 cm³/mol. The smallest absolute Gasteiger partial charge is 0.242 e. The van der Waals surface area contributed by atoms with Crippen molar-refractivity contribution < 1.29 is 4.79 Å². The molecule has 100 valence electrons. The van der Waals surface area contributed by atoms with Crippen LogP contribution in [0.15, 0.2) is 41.1 Å². The number of carbonyl (C=O) groups is 1. The number of nitrogens with two attached hydrogens (primary N) is 1. The molecule has 0 unspecified atom stereocenters. The van der Waals surface area contributed by atoms with Gasteiger partial charge in [0.1, 0.15) is 6.54 Å².